The molecule has 0 aliphatic carbocycles. The summed E-state index contributed by atoms with van der Waals surface area (Å²) < 4.78 is 2.89. The first kappa shape index (κ1) is 10.4. The van der Waals surface area contributed by atoms with Crippen LogP contribution in [0, 0.1) is 0 Å². The van der Waals surface area contributed by atoms with Crippen LogP contribution in [0.25, 0.3) is 10.9 Å². The Morgan fingerprint density at radius 3 is 3.00 bits per heavy atom. The van der Waals surface area contributed by atoms with Crippen LogP contribution in [0.2, 0.25) is 5.02 Å². The normalized spacial score (nSPS) is 14.4. The van der Waals surface area contributed by atoms with E-state index >= 15 is 0 Å². The predicted molar refractivity (Wildman–Crippen MR) is 69.2 cm³/mol. The molecule has 1 aromatic heterocycles. The molecule has 2 heterocycles. The van der Waals surface area contributed by atoms with Crippen molar-refractivity contribution in [2.24, 2.45) is 0 Å². The Balaban J connectivity index is 2.60. The third kappa shape index (κ3) is 1.35. The zero-order valence-corrected chi connectivity index (χ0v) is 10.8. The van der Waals surface area contributed by atoms with Crippen LogP contribution in [0.4, 0.5) is 0 Å². The standard InChI is InChI=1S/C12H9BrClNO/c13-9-4-3-8-10(14)6-11(16)15-5-1-2-7(9)12(8)15/h3-4,6H,1-2,5H2. The quantitative estimate of drug-likeness (QED) is 0.731. The molecule has 0 saturated carbocycles. The van der Waals surface area contributed by atoms with Crippen molar-refractivity contribution in [1.29, 1.82) is 0 Å². The summed E-state index contributed by atoms with van der Waals surface area (Å²) in [5.74, 6) is 0. The summed E-state index contributed by atoms with van der Waals surface area (Å²) in [4.78, 5) is 11.8. The van der Waals surface area contributed by atoms with E-state index in [9.17, 15) is 4.79 Å². The molecule has 0 bridgehead atoms. The van der Waals surface area contributed by atoms with Crippen LogP contribution in [0.5, 0.6) is 0 Å². The van der Waals surface area contributed by atoms with Crippen molar-refractivity contribution < 1.29 is 0 Å². The third-order valence-corrected chi connectivity index (χ3v) is 4.13. The lowest BCUT2D eigenvalue weighted by atomic mass is 10.0. The van der Waals surface area contributed by atoms with Gasteiger partial charge in [-0.05, 0) is 24.5 Å². The minimum atomic E-state index is -0.00319. The van der Waals surface area contributed by atoms with Crippen molar-refractivity contribution in [1.82, 2.24) is 4.57 Å². The van der Waals surface area contributed by atoms with Gasteiger partial charge >= 0.3 is 0 Å². The number of rotatable bonds is 0. The molecule has 1 aromatic carbocycles. The molecule has 0 saturated heterocycles. The number of pyridine rings is 1. The van der Waals surface area contributed by atoms with E-state index in [2.05, 4.69) is 15.9 Å². The second-order valence-corrected chi connectivity index (χ2v) is 5.27. The molecule has 0 spiro atoms. The van der Waals surface area contributed by atoms with Gasteiger partial charge in [-0.1, -0.05) is 33.6 Å². The molecule has 0 N–H and O–H groups in total. The first-order valence-electron chi connectivity index (χ1n) is 5.19. The van der Waals surface area contributed by atoms with Gasteiger partial charge in [0.05, 0.1) is 10.5 Å². The third-order valence-electron chi connectivity index (χ3n) is 3.08. The number of aryl methyl sites for hydroxylation is 2. The van der Waals surface area contributed by atoms with E-state index in [-0.39, 0.29) is 5.56 Å². The fourth-order valence-corrected chi connectivity index (χ4v) is 3.12. The molecule has 82 valence electrons. The molecule has 0 unspecified atom stereocenters. The zero-order chi connectivity index (χ0) is 11.3. The number of halogens is 2. The lowest BCUT2D eigenvalue weighted by Gasteiger charge is -2.20. The number of hydrogen-bond donors (Lipinski definition) is 0. The van der Waals surface area contributed by atoms with Gasteiger partial charge in [0.2, 0.25) is 0 Å². The monoisotopic (exact) mass is 297 g/mol. The van der Waals surface area contributed by atoms with Crippen molar-refractivity contribution in [2.45, 2.75) is 19.4 Å². The summed E-state index contributed by atoms with van der Waals surface area (Å²) in [6.45, 7) is 0.788. The van der Waals surface area contributed by atoms with E-state index in [1.165, 1.54) is 11.6 Å². The van der Waals surface area contributed by atoms with Crippen LogP contribution in [-0.4, -0.2) is 4.57 Å². The molecule has 0 fully saturated rings. The van der Waals surface area contributed by atoms with Crippen LogP contribution >= 0.6 is 27.5 Å². The maximum Gasteiger partial charge on any atom is 0.252 e. The smallest absolute Gasteiger partial charge is 0.252 e. The highest BCUT2D eigenvalue weighted by Crippen LogP contribution is 2.32. The van der Waals surface area contributed by atoms with Crippen molar-refractivity contribution in [2.75, 3.05) is 0 Å². The van der Waals surface area contributed by atoms with Gasteiger partial charge < -0.3 is 4.57 Å². The SMILES string of the molecule is O=c1cc(Cl)c2ccc(Br)c3c2n1CCC3. The van der Waals surface area contributed by atoms with Gasteiger partial charge in [0.25, 0.3) is 5.56 Å². The molecular weight excluding hydrogens is 289 g/mol. The Kier molecular flexibility index (Phi) is 2.33. The summed E-state index contributed by atoms with van der Waals surface area (Å²) in [5, 5.41) is 1.52. The molecule has 1 aliphatic rings. The fraction of sp³-hybridized carbons (Fsp3) is 0.250. The van der Waals surface area contributed by atoms with Crippen molar-refractivity contribution in [3.05, 3.63) is 43.6 Å². The first-order valence-corrected chi connectivity index (χ1v) is 6.36. The van der Waals surface area contributed by atoms with Gasteiger partial charge in [-0.25, -0.2) is 0 Å². The highest BCUT2D eigenvalue weighted by Gasteiger charge is 2.17. The number of aromatic nitrogens is 1. The van der Waals surface area contributed by atoms with E-state index in [1.807, 2.05) is 16.7 Å². The summed E-state index contributed by atoms with van der Waals surface area (Å²) in [5.41, 5.74) is 2.19. The number of hydrogen-bond acceptors (Lipinski definition) is 1. The van der Waals surface area contributed by atoms with E-state index in [4.69, 9.17) is 11.6 Å². The van der Waals surface area contributed by atoms with Gasteiger partial charge in [0.15, 0.2) is 0 Å². The minimum Gasteiger partial charge on any atom is -0.308 e. The highest BCUT2D eigenvalue weighted by atomic mass is 79.9. The van der Waals surface area contributed by atoms with Crippen molar-refractivity contribution in [3.8, 4) is 0 Å². The molecule has 1 aliphatic heterocycles. The number of nitrogens with zero attached hydrogens (tertiary/aromatic N) is 1. The second kappa shape index (κ2) is 3.60. The van der Waals surface area contributed by atoms with E-state index in [0.29, 0.717) is 5.02 Å². The molecule has 16 heavy (non-hydrogen) atoms. The Labute approximate surface area is 106 Å². The predicted octanol–water partition coefficient (Wildman–Crippen LogP) is 3.36. The summed E-state index contributed by atoms with van der Waals surface area (Å²) in [6, 6.07) is 5.48. The van der Waals surface area contributed by atoms with Gasteiger partial charge in [-0.3, -0.25) is 4.79 Å². The van der Waals surface area contributed by atoms with Crippen LogP contribution in [-0.2, 0) is 13.0 Å². The van der Waals surface area contributed by atoms with Crippen LogP contribution < -0.4 is 5.56 Å². The van der Waals surface area contributed by atoms with Crippen LogP contribution in [0.15, 0.2) is 27.5 Å². The minimum absolute atomic E-state index is 0.00319. The van der Waals surface area contributed by atoms with Gasteiger partial charge in [-0.15, -0.1) is 0 Å². The van der Waals surface area contributed by atoms with Gasteiger partial charge in [0.1, 0.15) is 0 Å². The molecule has 0 radical (unpaired) electrons. The summed E-state index contributed by atoms with van der Waals surface area (Å²) >= 11 is 9.65. The maximum absolute atomic E-state index is 11.8. The Hall–Kier alpha value is -0.800. The topological polar surface area (TPSA) is 22.0 Å². The molecular formula is C12H9BrClNO. The Morgan fingerprint density at radius 2 is 2.19 bits per heavy atom. The number of benzene rings is 1. The van der Waals surface area contributed by atoms with Crippen molar-refractivity contribution >= 4 is 38.4 Å². The molecule has 0 atom stereocenters. The fourth-order valence-electron chi connectivity index (χ4n) is 2.36. The molecule has 2 nitrogen and oxygen atoms in total. The average molecular weight is 299 g/mol. The highest BCUT2D eigenvalue weighted by molar-refractivity contribution is 9.10. The molecule has 2 aromatic rings. The molecule has 4 heteroatoms. The van der Waals surface area contributed by atoms with Crippen molar-refractivity contribution in [3.63, 3.8) is 0 Å². The summed E-state index contributed by atoms with van der Waals surface area (Å²) in [6.07, 6.45) is 2.00. The van der Waals surface area contributed by atoms with Gasteiger partial charge in [-0.2, -0.15) is 0 Å². The second-order valence-electron chi connectivity index (χ2n) is 4.01. The molecule has 0 amide bonds. The molecule has 3 rings (SSSR count). The maximum atomic E-state index is 11.8. The van der Waals surface area contributed by atoms with E-state index in [1.54, 1.807) is 0 Å². The lowest BCUT2D eigenvalue weighted by Crippen LogP contribution is -2.24. The lowest BCUT2D eigenvalue weighted by molar-refractivity contribution is 0.615. The average Bonchev–Trinajstić information content (AvgIpc) is 2.27. The van der Waals surface area contributed by atoms with E-state index in [0.717, 1.165) is 34.8 Å². The van der Waals surface area contributed by atoms with Gasteiger partial charge in [0, 0.05) is 22.5 Å². The Bertz CT molecular complexity index is 647. The largest absolute Gasteiger partial charge is 0.308 e. The van der Waals surface area contributed by atoms with Crippen LogP contribution in [0.3, 0.4) is 0 Å². The Morgan fingerprint density at radius 1 is 1.38 bits per heavy atom. The van der Waals surface area contributed by atoms with Crippen LogP contribution in [0.1, 0.15) is 12.0 Å². The van der Waals surface area contributed by atoms with E-state index < -0.39 is 0 Å². The zero-order valence-electron chi connectivity index (χ0n) is 8.46. The first-order chi connectivity index (χ1) is 7.68. The summed E-state index contributed by atoms with van der Waals surface area (Å²) in [7, 11) is 0.